The summed E-state index contributed by atoms with van der Waals surface area (Å²) in [4.78, 5) is 20.9. The summed E-state index contributed by atoms with van der Waals surface area (Å²) in [5.74, 6) is -0.314. The first-order chi connectivity index (χ1) is 8.10. The lowest BCUT2D eigenvalue weighted by Gasteiger charge is -2.16. The van der Waals surface area contributed by atoms with Crippen LogP contribution in [0, 0.1) is 6.92 Å². The zero-order chi connectivity index (χ0) is 12.8. The average Bonchev–Trinajstić information content (AvgIpc) is 2.34. The molecule has 0 unspecified atom stereocenters. The van der Waals surface area contributed by atoms with Crippen LogP contribution in [0.3, 0.4) is 0 Å². The topological polar surface area (TPSA) is 63.7 Å². The second-order valence-corrected chi connectivity index (χ2v) is 3.50. The van der Waals surface area contributed by atoms with Crippen LogP contribution in [0.4, 0.5) is 5.69 Å². The molecule has 0 fully saturated rings. The minimum atomic E-state index is -0.314. The van der Waals surface area contributed by atoms with Gasteiger partial charge in [-0.1, -0.05) is 0 Å². The van der Waals surface area contributed by atoms with Gasteiger partial charge in [0, 0.05) is 20.4 Å². The standard InChI is InChI=1S/C11H17N3O3/c1-8-5-9(13-7-16-3)10(12-6-8)11(15)14(2)17-4/h5-6,13H,7H2,1-4H3. The molecular formula is C11H17N3O3. The minimum Gasteiger partial charge on any atom is -0.365 e. The fourth-order valence-electron chi connectivity index (χ4n) is 1.26. The molecule has 0 aliphatic heterocycles. The van der Waals surface area contributed by atoms with Crippen molar-refractivity contribution in [1.29, 1.82) is 0 Å². The van der Waals surface area contributed by atoms with Crippen LogP contribution in [-0.4, -0.2) is 44.0 Å². The highest BCUT2D eigenvalue weighted by Crippen LogP contribution is 2.16. The second kappa shape index (κ2) is 6.17. The fraction of sp³-hybridized carbons (Fsp3) is 0.455. The molecule has 0 spiro atoms. The molecule has 17 heavy (non-hydrogen) atoms. The van der Waals surface area contributed by atoms with Gasteiger partial charge < -0.3 is 10.1 Å². The Labute approximate surface area is 100 Å². The van der Waals surface area contributed by atoms with Crippen LogP contribution in [0.25, 0.3) is 0 Å². The van der Waals surface area contributed by atoms with Crippen LogP contribution in [0.15, 0.2) is 12.3 Å². The van der Waals surface area contributed by atoms with Gasteiger partial charge in [-0.3, -0.25) is 9.63 Å². The summed E-state index contributed by atoms with van der Waals surface area (Å²) in [6, 6.07) is 1.84. The molecule has 94 valence electrons. The van der Waals surface area contributed by atoms with Crippen molar-refractivity contribution in [2.24, 2.45) is 0 Å². The third-order valence-electron chi connectivity index (χ3n) is 2.19. The van der Waals surface area contributed by atoms with Gasteiger partial charge in [0.25, 0.3) is 5.91 Å². The molecule has 1 N–H and O–H groups in total. The van der Waals surface area contributed by atoms with Crippen molar-refractivity contribution >= 4 is 11.6 Å². The third kappa shape index (κ3) is 3.40. The van der Waals surface area contributed by atoms with Crippen molar-refractivity contribution in [2.45, 2.75) is 6.92 Å². The number of ether oxygens (including phenoxy) is 1. The van der Waals surface area contributed by atoms with Gasteiger partial charge >= 0.3 is 0 Å². The number of hydrogen-bond donors (Lipinski definition) is 1. The van der Waals surface area contributed by atoms with Crippen molar-refractivity contribution in [3.8, 4) is 0 Å². The lowest BCUT2D eigenvalue weighted by molar-refractivity contribution is -0.0759. The quantitative estimate of drug-likeness (QED) is 0.614. The normalized spacial score (nSPS) is 10.1. The second-order valence-electron chi connectivity index (χ2n) is 3.50. The number of amides is 1. The van der Waals surface area contributed by atoms with E-state index < -0.39 is 0 Å². The molecule has 1 aromatic rings. The van der Waals surface area contributed by atoms with Gasteiger partial charge in [-0.2, -0.15) is 0 Å². The number of rotatable bonds is 5. The Morgan fingerprint density at radius 2 is 2.24 bits per heavy atom. The largest absolute Gasteiger partial charge is 0.365 e. The van der Waals surface area contributed by atoms with E-state index in [9.17, 15) is 4.79 Å². The summed E-state index contributed by atoms with van der Waals surface area (Å²) in [5.41, 5.74) is 1.89. The van der Waals surface area contributed by atoms with Crippen LogP contribution in [0.2, 0.25) is 0 Å². The van der Waals surface area contributed by atoms with Gasteiger partial charge in [-0.05, 0) is 18.6 Å². The third-order valence-corrected chi connectivity index (χ3v) is 2.19. The van der Waals surface area contributed by atoms with Crippen molar-refractivity contribution in [2.75, 3.05) is 33.3 Å². The number of carbonyl (C=O) groups is 1. The Kier molecular flexibility index (Phi) is 4.86. The monoisotopic (exact) mass is 239 g/mol. The molecule has 0 radical (unpaired) electrons. The Bertz CT molecular complexity index is 396. The Balaban J connectivity index is 3.00. The molecule has 6 heteroatoms. The first kappa shape index (κ1) is 13.4. The van der Waals surface area contributed by atoms with Crippen molar-refractivity contribution in [1.82, 2.24) is 10.0 Å². The Hall–Kier alpha value is -1.66. The van der Waals surface area contributed by atoms with E-state index in [0.29, 0.717) is 18.1 Å². The average molecular weight is 239 g/mol. The van der Waals surface area contributed by atoms with Crippen molar-refractivity contribution < 1.29 is 14.4 Å². The lowest BCUT2D eigenvalue weighted by Crippen LogP contribution is -2.27. The minimum absolute atomic E-state index is 0.303. The SMILES string of the molecule is COCNc1cc(C)cnc1C(=O)N(C)OC. The van der Waals surface area contributed by atoms with E-state index in [1.54, 1.807) is 13.3 Å². The zero-order valence-corrected chi connectivity index (χ0v) is 10.5. The zero-order valence-electron chi connectivity index (χ0n) is 10.5. The molecule has 0 saturated carbocycles. The molecule has 0 bridgehead atoms. The van der Waals surface area contributed by atoms with Gasteiger partial charge in [0.1, 0.15) is 6.73 Å². The molecule has 0 aliphatic carbocycles. The summed E-state index contributed by atoms with van der Waals surface area (Å²) in [5, 5.41) is 4.10. The maximum atomic E-state index is 11.9. The van der Waals surface area contributed by atoms with Gasteiger partial charge in [0.15, 0.2) is 5.69 Å². The molecule has 0 atom stereocenters. The van der Waals surface area contributed by atoms with E-state index in [1.165, 1.54) is 14.2 Å². The summed E-state index contributed by atoms with van der Waals surface area (Å²) in [7, 11) is 4.53. The van der Waals surface area contributed by atoms with E-state index in [-0.39, 0.29) is 5.91 Å². The summed E-state index contributed by atoms with van der Waals surface area (Å²) in [6.45, 7) is 2.21. The predicted octanol–water partition coefficient (Wildman–Crippen LogP) is 1.04. The highest BCUT2D eigenvalue weighted by atomic mass is 16.7. The smallest absolute Gasteiger partial charge is 0.297 e. The van der Waals surface area contributed by atoms with Crippen molar-refractivity contribution in [3.63, 3.8) is 0 Å². The van der Waals surface area contributed by atoms with Crippen LogP contribution < -0.4 is 5.32 Å². The molecule has 0 aromatic carbocycles. The van der Waals surface area contributed by atoms with Crippen LogP contribution in [0.1, 0.15) is 16.1 Å². The molecule has 6 nitrogen and oxygen atoms in total. The number of nitrogens with one attached hydrogen (secondary N) is 1. The van der Waals surface area contributed by atoms with Crippen LogP contribution >= 0.6 is 0 Å². The maximum Gasteiger partial charge on any atom is 0.297 e. The number of hydroxylamine groups is 2. The molecule has 0 aliphatic rings. The first-order valence-electron chi connectivity index (χ1n) is 5.11. The molecule has 1 amide bonds. The van der Waals surface area contributed by atoms with Crippen LogP contribution in [-0.2, 0) is 9.57 Å². The Morgan fingerprint density at radius 3 is 2.82 bits per heavy atom. The number of pyridine rings is 1. The van der Waals surface area contributed by atoms with E-state index in [1.807, 2.05) is 13.0 Å². The highest BCUT2D eigenvalue weighted by Gasteiger charge is 2.17. The molecular weight excluding hydrogens is 222 g/mol. The highest BCUT2D eigenvalue weighted by molar-refractivity contribution is 5.96. The molecule has 1 aromatic heterocycles. The Morgan fingerprint density at radius 1 is 1.53 bits per heavy atom. The predicted molar refractivity (Wildman–Crippen MR) is 63.6 cm³/mol. The molecule has 1 heterocycles. The number of nitrogens with zero attached hydrogens (tertiary/aromatic N) is 2. The van der Waals surface area contributed by atoms with Gasteiger partial charge in [-0.25, -0.2) is 10.0 Å². The first-order valence-corrected chi connectivity index (χ1v) is 5.11. The van der Waals surface area contributed by atoms with E-state index in [2.05, 4.69) is 10.3 Å². The van der Waals surface area contributed by atoms with Crippen molar-refractivity contribution in [3.05, 3.63) is 23.5 Å². The van der Waals surface area contributed by atoms with Gasteiger partial charge in [0.2, 0.25) is 0 Å². The maximum absolute atomic E-state index is 11.9. The number of aromatic nitrogens is 1. The summed E-state index contributed by atoms with van der Waals surface area (Å²) < 4.78 is 4.91. The van der Waals surface area contributed by atoms with E-state index >= 15 is 0 Å². The lowest BCUT2D eigenvalue weighted by atomic mass is 10.2. The molecule has 0 saturated heterocycles. The van der Waals surface area contributed by atoms with Gasteiger partial charge in [0.05, 0.1) is 12.8 Å². The van der Waals surface area contributed by atoms with Crippen LogP contribution in [0.5, 0.6) is 0 Å². The fourth-order valence-corrected chi connectivity index (χ4v) is 1.26. The number of aryl methyl sites for hydroxylation is 1. The molecule has 1 rings (SSSR count). The summed E-state index contributed by atoms with van der Waals surface area (Å²) >= 11 is 0. The van der Waals surface area contributed by atoms with E-state index in [0.717, 1.165) is 10.6 Å². The van der Waals surface area contributed by atoms with Gasteiger partial charge in [-0.15, -0.1) is 0 Å². The number of anilines is 1. The van der Waals surface area contributed by atoms with E-state index in [4.69, 9.17) is 9.57 Å². The number of methoxy groups -OCH3 is 1. The number of carbonyl (C=O) groups excluding carboxylic acids is 1. The summed E-state index contributed by atoms with van der Waals surface area (Å²) in [6.07, 6.45) is 1.63. The number of hydrogen-bond acceptors (Lipinski definition) is 5.